The minimum atomic E-state index is -0.560. The Morgan fingerprint density at radius 1 is 1.69 bits per heavy atom. The Morgan fingerprint density at radius 3 is 2.94 bits per heavy atom. The van der Waals surface area contributed by atoms with Crippen molar-refractivity contribution in [1.29, 1.82) is 0 Å². The summed E-state index contributed by atoms with van der Waals surface area (Å²) in [6.07, 6.45) is 9.92. The number of hydrogen-bond acceptors (Lipinski definition) is 2. The van der Waals surface area contributed by atoms with Gasteiger partial charge in [-0.2, -0.15) is 0 Å². The number of rotatable bonds is 3. The van der Waals surface area contributed by atoms with Gasteiger partial charge in [-0.25, -0.2) is 0 Å². The summed E-state index contributed by atoms with van der Waals surface area (Å²) in [4.78, 5) is 11.7. The minimum absolute atomic E-state index is 0.111. The Morgan fingerprint density at radius 2 is 2.38 bits per heavy atom. The third-order valence-corrected chi connectivity index (χ3v) is 3.23. The molecule has 0 aromatic carbocycles. The fourth-order valence-corrected chi connectivity index (χ4v) is 2.35. The zero-order valence-electron chi connectivity index (χ0n) is 10.3. The largest absolute Gasteiger partial charge is 0.352 e. The molecule has 0 heterocycles. The number of terminal acetylenes is 1. The molecule has 1 aliphatic rings. The summed E-state index contributed by atoms with van der Waals surface area (Å²) >= 11 is 0. The molecule has 16 heavy (non-hydrogen) atoms. The molecule has 90 valence electrons. The summed E-state index contributed by atoms with van der Waals surface area (Å²) in [5, 5.41) is 3.00. The van der Waals surface area contributed by atoms with E-state index in [1.54, 1.807) is 0 Å². The van der Waals surface area contributed by atoms with Crippen molar-refractivity contribution in [2.24, 2.45) is 11.1 Å². The predicted octanol–water partition coefficient (Wildman–Crippen LogP) is 1.42. The Labute approximate surface area is 98.2 Å². The van der Waals surface area contributed by atoms with Crippen LogP contribution in [0.2, 0.25) is 0 Å². The van der Waals surface area contributed by atoms with Gasteiger partial charge < -0.3 is 11.1 Å². The number of nitrogens with two attached hydrogens (primary N) is 1. The van der Waals surface area contributed by atoms with Crippen LogP contribution in [0.5, 0.6) is 0 Å². The highest BCUT2D eigenvalue weighted by Gasteiger charge is 2.29. The first-order valence-electron chi connectivity index (χ1n) is 5.94. The molecule has 2 atom stereocenters. The van der Waals surface area contributed by atoms with Crippen LogP contribution in [-0.4, -0.2) is 18.0 Å². The van der Waals surface area contributed by atoms with Gasteiger partial charge in [-0.1, -0.05) is 20.3 Å². The van der Waals surface area contributed by atoms with Crippen molar-refractivity contribution in [2.75, 3.05) is 0 Å². The van der Waals surface area contributed by atoms with E-state index in [2.05, 4.69) is 25.1 Å². The van der Waals surface area contributed by atoms with Gasteiger partial charge in [0.2, 0.25) is 5.91 Å². The third-order valence-electron chi connectivity index (χ3n) is 3.23. The molecule has 1 fully saturated rings. The standard InChI is InChI=1S/C13H22N2O/c1-4-6-11(14)12(16)15-10-7-5-8-13(2,3)9-10/h1,10-11H,5-9,14H2,2-3H3,(H,15,16). The van der Waals surface area contributed by atoms with Crippen molar-refractivity contribution in [3.05, 3.63) is 0 Å². The number of carbonyl (C=O) groups excluding carboxylic acids is 1. The smallest absolute Gasteiger partial charge is 0.238 e. The van der Waals surface area contributed by atoms with E-state index >= 15 is 0 Å². The molecule has 0 saturated heterocycles. The van der Waals surface area contributed by atoms with E-state index in [9.17, 15) is 4.79 Å². The lowest BCUT2D eigenvalue weighted by molar-refractivity contribution is -0.123. The van der Waals surface area contributed by atoms with Gasteiger partial charge in [0.05, 0.1) is 6.04 Å². The zero-order valence-corrected chi connectivity index (χ0v) is 10.3. The van der Waals surface area contributed by atoms with Crippen LogP contribution in [0.25, 0.3) is 0 Å². The van der Waals surface area contributed by atoms with Crippen LogP contribution >= 0.6 is 0 Å². The quantitative estimate of drug-likeness (QED) is 0.710. The SMILES string of the molecule is C#CCC(N)C(=O)NC1CCCC(C)(C)C1. The third kappa shape index (κ3) is 3.86. The van der Waals surface area contributed by atoms with E-state index in [0.717, 1.165) is 12.8 Å². The fourth-order valence-electron chi connectivity index (χ4n) is 2.35. The average Bonchev–Trinajstić information content (AvgIpc) is 2.16. The lowest BCUT2D eigenvalue weighted by Gasteiger charge is -2.35. The van der Waals surface area contributed by atoms with Gasteiger partial charge in [-0.05, 0) is 24.7 Å². The van der Waals surface area contributed by atoms with Crippen LogP contribution in [0.4, 0.5) is 0 Å². The number of nitrogens with one attached hydrogen (secondary N) is 1. The van der Waals surface area contributed by atoms with Crippen molar-refractivity contribution in [3.8, 4) is 12.3 Å². The van der Waals surface area contributed by atoms with Gasteiger partial charge in [0.15, 0.2) is 0 Å². The molecule has 1 aliphatic carbocycles. The van der Waals surface area contributed by atoms with Gasteiger partial charge >= 0.3 is 0 Å². The van der Waals surface area contributed by atoms with E-state index in [1.165, 1.54) is 12.8 Å². The van der Waals surface area contributed by atoms with E-state index in [1.807, 2.05) is 0 Å². The maximum atomic E-state index is 11.7. The molecule has 2 unspecified atom stereocenters. The highest BCUT2D eigenvalue weighted by atomic mass is 16.2. The lowest BCUT2D eigenvalue weighted by atomic mass is 9.75. The predicted molar refractivity (Wildman–Crippen MR) is 65.6 cm³/mol. The van der Waals surface area contributed by atoms with Gasteiger partial charge in [-0.15, -0.1) is 12.3 Å². The molecule has 3 nitrogen and oxygen atoms in total. The molecular weight excluding hydrogens is 200 g/mol. The Kier molecular flexibility index (Phi) is 4.37. The van der Waals surface area contributed by atoms with Crippen molar-refractivity contribution in [1.82, 2.24) is 5.32 Å². The summed E-state index contributed by atoms with van der Waals surface area (Å²) < 4.78 is 0. The molecule has 0 aromatic heterocycles. The van der Waals surface area contributed by atoms with E-state index in [4.69, 9.17) is 12.2 Å². The summed E-state index contributed by atoms with van der Waals surface area (Å²) in [5.41, 5.74) is 5.98. The molecule has 0 aromatic rings. The second-order valence-corrected chi connectivity index (χ2v) is 5.48. The fraction of sp³-hybridized carbons (Fsp3) is 0.769. The lowest BCUT2D eigenvalue weighted by Crippen LogP contribution is -2.47. The summed E-state index contributed by atoms with van der Waals surface area (Å²) in [6, 6.07) is -0.296. The zero-order chi connectivity index (χ0) is 12.2. The van der Waals surface area contributed by atoms with E-state index in [-0.39, 0.29) is 11.9 Å². The topological polar surface area (TPSA) is 55.1 Å². The maximum absolute atomic E-state index is 11.7. The van der Waals surface area contributed by atoms with Crippen LogP contribution in [0.1, 0.15) is 46.0 Å². The van der Waals surface area contributed by atoms with Gasteiger partial charge in [-0.3, -0.25) is 4.79 Å². The monoisotopic (exact) mass is 222 g/mol. The Hall–Kier alpha value is -1.01. The van der Waals surface area contributed by atoms with Crippen LogP contribution in [0.3, 0.4) is 0 Å². The van der Waals surface area contributed by atoms with Gasteiger partial charge in [0, 0.05) is 12.5 Å². The summed E-state index contributed by atoms with van der Waals surface area (Å²) in [6.45, 7) is 4.49. The first-order chi connectivity index (χ1) is 7.44. The molecule has 3 heteroatoms. The molecule has 0 spiro atoms. The van der Waals surface area contributed by atoms with Crippen LogP contribution in [-0.2, 0) is 4.79 Å². The molecule has 1 saturated carbocycles. The first kappa shape index (κ1) is 13.1. The van der Waals surface area contributed by atoms with Gasteiger partial charge in [0.25, 0.3) is 0 Å². The second-order valence-electron chi connectivity index (χ2n) is 5.48. The van der Waals surface area contributed by atoms with Gasteiger partial charge in [0.1, 0.15) is 0 Å². The summed E-state index contributed by atoms with van der Waals surface area (Å²) in [5.74, 6) is 2.31. The minimum Gasteiger partial charge on any atom is -0.352 e. The number of carbonyl (C=O) groups is 1. The maximum Gasteiger partial charge on any atom is 0.238 e. The molecule has 0 bridgehead atoms. The number of amides is 1. The molecular formula is C13H22N2O. The van der Waals surface area contributed by atoms with Crippen LogP contribution in [0.15, 0.2) is 0 Å². The first-order valence-corrected chi connectivity index (χ1v) is 5.94. The molecule has 0 radical (unpaired) electrons. The Bertz CT molecular complexity index is 291. The normalized spacial score (nSPS) is 25.5. The van der Waals surface area contributed by atoms with Crippen molar-refractivity contribution in [2.45, 2.75) is 58.0 Å². The van der Waals surface area contributed by atoms with Crippen molar-refractivity contribution in [3.63, 3.8) is 0 Å². The van der Waals surface area contributed by atoms with Crippen LogP contribution in [0, 0.1) is 17.8 Å². The number of hydrogen-bond donors (Lipinski definition) is 2. The van der Waals surface area contributed by atoms with Crippen molar-refractivity contribution < 1.29 is 4.79 Å². The van der Waals surface area contributed by atoms with E-state index in [0.29, 0.717) is 11.8 Å². The highest BCUT2D eigenvalue weighted by molar-refractivity contribution is 5.82. The summed E-state index contributed by atoms with van der Waals surface area (Å²) in [7, 11) is 0. The highest BCUT2D eigenvalue weighted by Crippen LogP contribution is 2.35. The van der Waals surface area contributed by atoms with Crippen molar-refractivity contribution >= 4 is 5.91 Å². The van der Waals surface area contributed by atoms with E-state index < -0.39 is 6.04 Å². The molecule has 1 rings (SSSR count). The second kappa shape index (κ2) is 5.36. The van der Waals surface area contributed by atoms with Crippen LogP contribution < -0.4 is 11.1 Å². The Balaban J connectivity index is 2.42. The molecule has 3 N–H and O–H groups in total. The molecule has 0 aliphatic heterocycles. The average molecular weight is 222 g/mol. The molecule has 1 amide bonds.